The number of hydrogen-bond donors (Lipinski definition) is 2. The van der Waals surface area contributed by atoms with Gasteiger partial charge < -0.3 is 9.73 Å². The lowest BCUT2D eigenvalue weighted by Gasteiger charge is -2.02. The van der Waals surface area contributed by atoms with Crippen LogP contribution in [0.4, 0.5) is 0 Å². The Morgan fingerprint density at radius 1 is 1.38 bits per heavy atom. The molecule has 2 aromatic rings. The molecule has 1 heterocycles. The van der Waals surface area contributed by atoms with Crippen LogP contribution < -0.4 is 11.1 Å². The second-order valence-electron chi connectivity index (χ2n) is 3.53. The smallest absolute Gasteiger partial charge is 0.408 e. The van der Waals surface area contributed by atoms with Gasteiger partial charge in [0.25, 0.3) is 0 Å². The van der Waals surface area contributed by atoms with Gasteiger partial charge in [0, 0.05) is 12.4 Å². The molecule has 0 atom stereocenters. The summed E-state index contributed by atoms with van der Waals surface area (Å²) >= 11 is 5.55. The van der Waals surface area contributed by atoms with Crippen LogP contribution in [0.1, 0.15) is 5.56 Å². The highest BCUT2D eigenvalue weighted by Gasteiger charge is 2.01. The molecule has 2 rings (SSSR count). The number of alkyl halides is 1. The maximum Gasteiger partial charge on any atom is 0.417 e. The Labute approximate surface area is 97.6 Å². The van der Waals surface area contributed by atoms with Gasteiger partial charge in [-0.3, -0.25) is 4.98 Å². The average Bonchev–Trinajstić information content (AvgIpc) is 2.64. The molecule has 0 amide bonds. The van der Waals surface area contributed by atoms with Crippen LogP contribution in [-0.4, -0.2) is 24.0 Å². The second-order valence-corrected chi connectivity index (χ2v) is 3.91. The van der Waals surface area contributed by atoms with Crippen LogP contribution in [0.5, 0.6) is 0 Å². The number of H-pyrrole nitrogens is 1. The highest BCUT2D eigenvalue weighted by atomic mass is 35.5. The standard InChI is InChI=1S/C11H13ClN2O2/c12-4-6-13-5-3-8-1-2-10-9(7-8)14-11(15)16-10/h1-2,7,13H,3-6H2,(H,14,15). The Balaban J connectivity index is 2.04. The van der Waals surface area contributed by atoms with Crippen LogP contribution >= 0.6 is 11.6 Å². The van der Waals surface area contributed by atoms with Crippen LogP contribution in [0.25, 0.3) is 11.1 Å². The van der Waals surface area contributed by atoms with Crippen LogP contribution in [-0.2, 0) is 6.42 Å². The molecule has 2 N–H and O–H groups in total. The summed E-state index contributed by atoms with van der Waals surface area (Å²) in [4.78, 5) is 13.6. The predicted molar refractivity (Wildman–Crippen MR) is 64.1 cm³/mol. The number of aromatic nitrogens is 1. The fraction of sp³-hybridized carbons (Fsp3) is 0.364. The normalized spacial score (nSPS) is 11.1. The van der Waals surface area contributed by atoms with Gasteiger partial charge in [-0.2, -0.15) is 0 Å². The van der Waals surface area contributed by atoms with Crippen molar-refractivity contribution < 1.29 is 4.42 Å². The molecule has 0 spiro atoms. The molecule has 0 saturated heterocycles. The second kappa shape index (κ2) is 5.18. The van der Waals surface area contributed by atoms with Gasteiger partial charge in [-0.25, -0.2) is 4.79 Å². The zero-order valence-corrected chi connectivity index (χ0v) is 9.51. The quantitative estimate of drug-likeness (QED) is 0.615. The lowest BCUT2D eigenvalue weighted by atomic mass is 10.1. The maximum absolute atomic E-state index is 11.0. The largest absolute Gasteiger partial charge is 0.417 e. The number of aromatic amines is 1. The van der Waals surface area contributed by atoms with Crippen LogP contribution in [0.2, 0.25) is 0 Å². The molecule has 1 aromatic carbocycles. The summed E-state index contributed by atoms with van der Waals surface area (Å²) < 4.78 is 4.92. The molecule has 5 heteroatoms. The van der Waals surface area contributed by atoms with Crippen molar-refractivity contribution in [1.29, 1.82) is 0 Å². The minimum Gasteiger partial charge on any atom is -0.408 e. The predicted octanol–water partition coefficient (Wildman–Crippen LogP) is 1.49. The summed E-state index contributed by atoms with van der Waals surface area (Å²) in [5, 5.41) is 3.21. The summed E-state index contributed by atoms with van der Waals surface area (Å²) in [5.41, 5.74) is 2.51. The summed E-state index contributed by atoms with van der Waals surface area (Å²) in [5.74, 6) is 0.209. The minimum absolute atomic E-state index is 0.410. The first kappa shape index (κ1) is 11.2. The van der Waals surface area contributed by atoms with Gasteiger partial charge in [-0.15, -0.1) is 11.6 Å². The van der Waals surface area contributed by atoms with Crippen molar-refractivity contribution in [2.75, 3.05) is 19.0 Å². The van der Waals surface area contributed by atoms with Crippen molar-refractivity contribution in [2.45, 2.75) is 6.42 Å². The lowest BCUT2D eigenvalue weighted by molar-refractivity contribution is 0.555. The molecule has 0 saturated carbocycles. The van der Waals surface area contributed by atoms with Gasteiger partial charge in [-0.05, 0) is 30.7 Å². The molecule has 0 aliphatic rings. The fourth-order valence-corrected chi connectivity index (χ4v) is 1.71. The van der Waals surface area contributed by atoms with Gasteiger partial charge >= 0.3 is 5.76 Å². The van der Waals surface area contributed by atoms with E-state index >= 15 is 0 Å². The first-order valence-electron chi connectivity index (χ1n) is 5.18. The number of nitrogens with one attached hydrogen (secondary N) is 2. The fourth-order valence-electron chi connectivity index (χ4n) is 1.58. The minimum atomic E-state index is -0.410. The first-order valence-corrected chi connectivity index (χ1v) is 5.71. The van der Waals surface area contributed by atoms with Crippen molar-refractivity contribution in [3.05, 3.63) is 34.3 Å². The Hall–Kier alpha value is -1.26. The van der Waals surface area contributed by atoms with E-state index in [2.05, 4.69) is 10.3 Å². The number of halogens is 1. The van der Waals surface area contributed by atoms with Crippen molar-refractivity contribution in [1.82, 2.24) is 10.3 Å². The third-order valence-corrected chi connectivity index (χ3v) is 2.53. The van der Waals surface area contributed by atoms with Gasteiger partial charge in [0.1, 0.15) is 0 Å². The first-order chi connectivity index (χ1) is 7.79. The van der Waals surface area contributed by atoms with Crippen LogP contribution in [0.15, 0.2) is 27.4 Å². The average molecular weight is 241 g/mol. The van der Waals surface area contributed by atoms with Gasteiger partial charge in [0.15, 0.2) is 5.58 Å². The van der Waals surface area contributed by atoms with Crippen LogP contribution in [0.3, 0.4) is 0 Å². The van der Waals surface area contributed by atoms with Crippen molar-refractivity contribution in [2.24, 2.45) is 0 Å². The topological polar surface area (TPSA) is 58.0 Å². The Kier molecular flexibility index (Phi) is 3.64. The van der Waals surface area contributed by atoms with Crippen LogP contribution in [0, 0.1) is 0 Å². The van der Waals surface area contributed by atoms with E-state index in [1.807, 2.05) is 18.2 Å². The van der Waals surface area contributed by atoms with E-state index in [-0.39, 0.29) is 0 Å². The summed E-state index contributed by atoms with van der Waals surface area (Å²) in [6, 6.07) is 5.70. The van der Waals surface area contributed by atoms with Gasteiger partial charge in [0.2, 0.25) is 0 Å². The third kappa shape index (κ3) is 2.65. The molecule has 16 heavy (non-hydrogen) atoms. The molecule has 0 aliphatic heterocycles. The Morgan fingerprint density at radius 2 is 2.25 bits per heavy atom. The molecule has 0 aliphatic carbocycles. The Morgan fingerprint density at radius 3 is 3.06 bits per heavy atom. The van der Waals surface area contributed by atoms with Gasteiger partial charge in [-0.1, -0.05) is 6.07 Å². The number of benzene rings is 1. The van der Waals surface area contributed by atoms with Crippen molar-refractivity contribution in [3.8, 4) is 0 Å². The van der Waals surface area contributed by atoms with Gasteiger partial charge in [0.05, 0.1) is 5.52 Å². The molecule has 0 fully saturated rings. The molecule has 0 radical (unpaired) electrons. The number of oxazole rings is 1. The van der Waals surface area contributed by atoms with Crippen molar-refractivity contribution >= 4 is 22.7 Å². The molecule has 0 bridgehead atoms. The van der Waals surface area contributed by atoms with E-state index < -0.39 is 5.76 Å². The zero-order valence-electron chi connectivity index (χ0n) is 8.75. The van der Waals surface area contributed by atoms with Crippen molar-refractivity contribution in [3.63, 3.8) is 0 Å². The molecular weight excluding hydrogens is 228 g/mol. The molecule has 0 unspecified atom stereocenters. The zero-order chi connectivity index (χ0) is 11.4. The molecular formula is C11H13ClN2O2. The number of rotatable bonds is 5. The Bertz CT molecular complexity index is 518. The van der Waals surface area contributed by atoms with E-state index in [0.29, 0.717) is 11.5 Å². The molecule has 1 aromatic heterocycles. The van der Waals surface area contributed by atoms with E-state index in [0.717, 1.165) is 30.6 Å². The number of hydrogen-bond acceptors (Lipinski definition) is 3. The third-order valence-electron chi connectivity index (χ3n) is 2.35. The monoisotopic (exact) mass is 240 g/mol. The maximum atomic E-state index is 11.0. The lowest BCUT2D eigenvalue weighted by Crippen LogP contribution is -2.19. The highest BCUT2D eigenvalue weighted by molar-refractivity contribution is 6.18. The molecule has 86 valence electrons. The van der Waals surface area contributed by atoms with E-state index in [1.54, 1.807) is 0 Å². The van der Waals surface area contributed by atoms with E-state index in [1.165, 1.54) is 0 Å². The van der Waals surface area contributed by atoms with E-state index in [4.69, 9.17) is 16.0 Å². The summed E-state index contributed by atoms with van der Waals surface area (Å²) in [7, 11) is 0. The summed E-state index contributed by atoms with van der Waals surface area (Å²) in [6.45, 7) is 1.69. The summed E-state index contributed by atoms with van der Waals surface area (Å²) in [6.07, 6.45) is 0.903. The van der Waals surface area contributed by atoms with E-state index in [9.17, 15) is 4.79 Å². The molecule has 4 nitrogen and oxygen atoms in total. The SMILES string of the molecule is O=c1[nH]c2cc(CCNCCCl)ccc2o1. The highest BCUT2D eigenvalue weighted by Crippen LogP contribution is 2.12. The number of fused-ring (bicyclic) bond motifs is 1.